The summed E-state index contributed by atoms with van der Waals surface area (Å²) in [5.41, 5.74) is 2.45. The van der Waals surface area contributed by atoms with E-state index in [0.717, 1.165) is 11.6 Å². The van der Waals surface area contributed by atoms with E-state index in [0.29, 0.717) is 12.0 Å². The summed E-state index contributed by atoms with van der Waals surface area (Å²) in [6, 6.07) is 9.19. The van der Waals surface area contributed by atoms with Gasteiger partial charge in [0.15, 0.2) is 0 Å². The molecule has 1 aromatic heterocycles. The Morgan fingerprint density at radius 2 is 1.81 bits per heavy atom. The van der Waals surface area contributed by atoms with E-state index in [1.54, 1.807) is 11.8 Å². The molecule has 4 heteroatoms. The number of hydrogen-bond donors (Lipinski definition) is 1. The minimum absolute atomic E-state index is 0.462. The molecule has 0 aliphatic carbocycles. The highest BCUT2D eigenvalue weighted by Crippen LogP contribution is 2.32. The monoisotopic (exact) mass is 320 g/mol. The Kier molecular flexibility index (Phi) is 5.85. The molecule has 0 amide bonds. The Labute approximate surface area is 136 Å². The van der Waals surface area contributed by atoms with Gasteiger partial charge in [0, 0.05) is 27.9 Å². The molecule has 0 saturated carbocycles. The maximum atomic E-state index is 4.89. The Bertz CT molecular complexity index is 571. The van der Waals surface area contributed by atoms with Crippen LogP contribution in [0.2, 0.25) is 0 Å². The smallest absolute Gasteiger partial charge is 0.123 e. The van der Waals surface area contributed by atoms with Crippen LogP contribution in [-0.4, -0.2) is 17.3 Å². The van der Waals surface area contributed by atoms with Crippen molar-refractivity contribution in [2.75, 3.05) is 6.26 Å². The van der Waals surface area contributed by atoms with Gasteiger partial charge < -0.3 is 5.32 Å². The third kappa shape index (κ3) is 4.31. The third-order valence-corrected chi connectivity index (χ3v) is 5.15. The molecule has 114 valence electrons. The standard InChI is InChI=1S/C17H24N2S2/c1-11(2)16-15(10-18-12(3)4)21-17(19-16)13-6-8-14(20-5)9-7-13/h6-9,11-12,18H,10H2,1-5H3. The number of thioether (sulfide) groups is 1. The fourth-order valence-corrected chi connectivity index (χ4v) is 3.68. The zero-order valence-corrected chi connectivity index (χ0v) is 15.1. The summed E-state index contributed by atoms with van der Waals surface area (Å²) >= 11 is 3.59. The molecule has 1 aromatic carbocycles. The Balaban J connectivity index is 2.28. The molecule has 0 aliphatic heterocycles. The first-order valence-electron chi connectivity index (χ1n) is 7.38. The van der Waals surface area contributed by atoms with Gasteiger partial charge in [-0.1, -0.05) is 39.8 Å². The molecule has 0 bridgehead atoms. The van der Waals surface area contributed by atoms with Crippen molar-refractivity contribution in [3.8, 4) is 10.6 Å². The summed E-state index contributed by atoms with van der Waals surface area (Å²) in [7, 11) is 0. The fourth-order valence-electron chi connectivity index (χ4n) is 2.10. The van der Waals surface area contributed by atoms with Gasteiger partial charge in [0.05, 0.1) is 5.69 Å². The lowest BCUT2D eigenvalue weighted by Gasteiger charge is -2.09. The van der Waals surface area contributed by atoms with Gasteiger partial charge in [-0.15, -0.1) is 23.1 Å². The van der Waals surface area contributed by atoms with Crippen molar-refractivity contribution in [1.82, 2.24) is 10.3 Å². The van der Waals surface area contributed by atoms with Gasteiger partial charge in [-0.05, 0) is 24.3 Å². The van der Waals surface area contributed by atoms with Crippen molar-refractivity contribution in [2.24, 2.45) is 0 Å². The summed E-state index contributed by atoms with van der Waals surface area (Å²) in [6.07, 6.45) is 2.10. The molecule has 2 aromatic rings. The van der Waals surface area contributed by atoms with Crippen molar-refractivity contribution in [2.45, 2.75) is 51.1 Å². The largest absolute Gasteiger partial charge is 0.310 e. The van der Waals surface area contributed by atoms with Crippen LogP contribution in [0, 0.1) is 0 Å². The highest BCUT2D eigenvalue weighted by molar-refractivity contribution is 7.98. The minimum atomic E-state index is 0.462. The van der Waals surface area contributed by atoms with E-state index < -0.39 is 0 Å². The van der Waals surface area contributed by atoms with Gasteiger partial charge in [-0.25, -0.2) is 4.98 Å². The van der Waals surface area contributed by atoms with E-state index in [9.17, 15) is 0 Å². The van der Waals surface area contributed by atoms with Gasteiger partial charge in [-0.3, -0.25) is 0 Å². The predicted molar refractivity (Wildman–Crippen MR) is 95.4 cm³/mol. The lowest BCUT2D eigenvalue weighted by molar-refractivity contribution is 0.588. The van der Waals surface area contributed by atoms with E-state index in [4.69, 9.17) is 4.98 Å². The molecule has 0 unspecified atom stereocenters. The minimum Gasteiger partial charge on any atom is -0.310 e. The van der Waals surface area contributed by atoms with Crippen molar-refractivity contribution in [3.05, 3.63) is 34.8 Å². The zero-order valence-electron chi connectivity index (χ0n) is 13.4. The molecule has 0 fully saturated rings. The van der Waals surface area contributed by atoms with Gasteiger partial charge in [0.25, 0.3) is 0 Å². The summed E-state index contributed by atoms with van der Waals surface area (Å²) < 4.78 is 0. The van der Waals surface area contributed by atoms with Crippen LogP contribution in [0.1, 0.15) is 44.2 Å². The van der Waals surface area contributed by atoms with Crippen LogP contribution in [0.25, 0.3) is 10.6 Å². The molecular formula is C17H24N2S2. The number of nitrogens with one attached hydrogen (secondary N) is 1. The molecule has 21 heavy (non-hydrogen) atoms. The van der Waals surface area contributed by atoms with Crippen LogP contribution in [0.3, 0.4) is 0 Å². The Morgan fingerprint density at radius 3 is 2.33 bits per heavy atom. The van der Waals surface area contributed by atoms with Crippen LogP contribution < -0.4 is 5.32 Å². The van der Waals surface area contributed by atoms with Crippen LogP contribution in [0.15, 0.2) is 29.2 Å². The summed E-state index contributed by atoms with van der Waals surface area (Å²) in [5.74, 6) is 0.462. The summed E-state index contributed by atoms with van der Waals surface area (Å²) in [5, 5.41) is 4.64. The summed E-state index contributed by atoms with van der Waals surface area (Å²) in [6.45, 7) is 9.70. The van der Waals surface area contributed by atoms with Gasteiger partial charge in [0.2, 0.25) is 0 Å². The van der Waals surface area contributed by atoms with E-state index >= 15 is 0 Å². The molecule has 2 rings (SSSR count). The second-order valence-corrected chi connectivity index (χ2v) is 7.71. The first-order valence-corrected chi connectivity index (χ1v) is 9.42. The second-order valence-electron chi connectivity index (χ2n) is 5.75. The topological polar surface area (TPSA) is 24.9 Å². The molecule has 0 radical (unpaired) electrons. The zero-order chi connectivity index (χ0) is 15.4. The van der Waals surface area contributed by atoms with E-state index in [2.05, 4.69) is 63.5 Å². The van der Waals surface area contributed by atoms with Gasteiger partial charge in [0.1, 0.15) is 5.01 Å². The predicted octanol–water partition coefficient (Wildman–Crippen LogP) is 5.15. The van der Waals surface area contributed by atoms with E-state index in [-0.39, 0.29) is 0 Å². The average molecular weight is 321 g/mol. The van der Waals surface area contributed by atoms with Gasteiger partial charge in [-0.2, -0.15) is 0 Å². The quantitative estimate of drug-likeness (QED) is 0.745. The number of hydrogen-bond acceptors (Lipinski definition) is 4. The molecular weight excluding hydrogens is 296 g/mol. The molecule has 1 N–H and O–H groups in total. The number of nitrogens with zero attached hydrogens (tertiary/aromatic N) is 1. The number of rotatable bonds is 6. The van der Waals surface area contributed by atoms with Crippen molar-refractivity contribution in [1.29, 1.82) is 0 Å². The number of aromatic nitrogens is 1. The van der Waals surface area contributed by atoms with Crippen molar-refractivity contribution < 1.29 is 0 Å². The second kappa shape index (κ2) is 7.43. The number of benzene rings is 1. The number of thiazole rings is 1. The molecule has 0 spiro atoms. The molecule has 0 saturated heterocycles. The fraction of sp³-hybridized carbons (Fsp3) is 0.471. The highest BCUT2D eigenvalue weighted by Gasteiger charge is 2.15. The lowest BCUT2D eigenvalue weighted by Crippen LogP contribution is -2.22. The maximum absolute atomic E-state index is 4.89. The van der Waals surface area contributed by atoms with Crippen molar-refractivity contribution in [3.63, 3.8) is 0 Å². The molecule has 1 heterocycles. The maximum Gasteiger partial charge on any atom is 0.123 e. The van der Waals surface area contributed by atoms with E-state index in [1.165, 1.54) is 21.0 Å². The highest BCUT2D eigenvalue weighted by atomic mass is 32.2. The Hall–Kier alpha value is -0.840. The van der Waals surface area contributed by atoms with Crippen LogP contribution in [-0.2, 0) is 6.54 Å². The lowest BCUT2D eigenvalue weighted by atomic mass is 10.1. The summed E-state index contributed by atoms with van der Waals surface area (Å²) in [4.78, 5) is 7.54. The first-order chi connectivity index (χ1) is 10.0. The Morgan fingerprint density at radius 1 is 1.14 bits per heavy atom. The van der Waals surface area contributed by atoms with Crippen LogP contribution in [0.4, 0.5) is 0 Å². The van der Waals surface area contributed by atoms with Gasteiger partial charge >= 0.3 is 0 Å². The molecule has 2 nitrogen and oxygen atoms in total. The first kappa shape index (κ1) is 16.5. The normalized spacial score (nSPS) is 11.6. The molecule has 0 aliphatic rings. The third-order valence-electron chi connectivity index (χ3n) is 3.28. The van der Waals surface area contributed by atoms with Crippen molar-refractivity contribution >= 4 is 23.1 Å². The van der Waals surface area contributed by atoms with Crippen LogP contribution >= 0.6 is 23.1 Å². The SMILES string of the molecule is CSc1ccc(-c2nc(C(C)C)c(CNC(C)C)s2)cc1. The average Bonchev–Trinajstić information content (AvgIpc) is 2.89. The van der Waals surface area contributed by atoms with E-state index in [1.807, 2.05) is 11.3 Å². The van der Waals surface area contributed by atoms with Crippen LogP contribution in [0.5, 0.6) is 0 Å². The molecule has 0 atom stereocenters.